The van der Waals surface area contributed by atoms with Crippen LogP contribution in [0.3, 0.4) is 0 Å². The van der Waals surface area contributed by atoms with Crippen LogP contribution in [0.1, 0.15) is 13.8 Å². The van der Waals surface area contributed by atoms with Crippen molar-refractivity contribution in [2.24, 2.45) is 5.92 Å². The Balaban J connectivity index is 2.54. The standard InChI is InChI=1S/C22H16F3NO4/c1-4-14(11-26)19(24)20(25)21(12(2)23)30-18-10-6-7-15-16(18)8-5-9-17(15)29-13(3)22(27)28/h1,5-10,13-14H,2-3H3,(H,27,28)/b20-19-,21-12-. The number of rotatable bonds is 7. The molecule has 0 saturated carbocycles. The minimum Gasteiger partial charge on any atom is -0.479 e. The second kappa shape index (κ2) is 9.53. The Bertz CT molecular complexity index is 1110. The summed E-state index contributed by atoms with van der Waals surface area (Å²) >= 11 is 0. The van der Waals surface area contributed by atoms with E-state index in [9.17, 15) is 18.0 Å². The fourth-order valence-corrected chi connectivity index (χ4v) is 2.46. The molecule has 1 N–H and O–H groups in total. The van der Waals surface area contributed by atoms with Crippen LogP contribution in [0.4, 0.5) is 13.2 Å². The lowest BCUT2D eigenvalue weighted by molar-refractivity contribution is -0.144. The number of benzene rings is 2. The summed E-state index contributed by atoms with van der Waals surface area (Å²) in [5.74, 6) is -6.74. The van der Waals surface area contributed by atoms with E-state index in [1.165, 1.54) is 37.3 Å². The Labute approximate surface area is 170 Å². The third-order valence-corrected chi connectivity index (χ3v) is 3.98. The molecule has 0 aliphatic heterocycles. The first-order valence-corrected chi connectivity index (χ1v) is 8.58. The molecule has 0 bridgehead atoms. The third kappa shape index (κ3) is 4.73. The highest BCUT2D eigenvalue weighted by atomic mass is 19.2. The molecule has 2 rings (SSSR count). The number of nitriles is 1. The van der Waals surface area contributed by atoms with Crippen LogP contribution in [0.2, 0.25) is 0 Å². The third-order valence-electron chi connectivity index (χ3n) is 3.98. The molecule has 30 heavy (non-hydrogen) atoms. The van der Waals surface area contributed by atoms with E-state index in [0.29, 0.717) is 10.8 Å². The van der Waals surface area contributed by atoms with E-state index in [2.05, 4.69) is 0 Å². The smallest absolute Gasteiger partial charge is 0.344 e. The highest BCUT2D eigenvalue weighted by molar-refractivity contribution is 5.93. The lowest BCUT2D eigenvalue weighted by Gasteiger charge is -2.15. The van der Waals surface area contributed by atoms with Gasteiger partial charge < -0.3 is 14.6 Å². The fraction of sp³-hybridized carbons (Fsp3) is 0.182. The Morgan fingerprint density at radius 1 is 1.13 bits per heavy atom. The van der Waals surface area contributed by atoms with Crippen LogP contribution in [0, 0.1) is 29.6 Å². The molecule has 5 nitrogen and oxygen atoms in total. The van der Waals surface area contributed by atoms with Crippen molar-refractivity contribution < 1.29 is 32.5 Å². The molecule has 2 atom stereocenters. The number of nitrogens with zero attached hydrogens (tertiary/aromatic N) is 1. The molecule has 0 saturated heterocycles. The number of hydrogen-bond donors (Lipinski definition) is 1. The number of aliphatic carboxylic acids is 1. The van der Waals surface area contributed by atoms with E-state index in [4.69, 9.17) is 26.3 Å². The van der Waals surface area contributed by atoms with E-state index < -0.39 is 41.2 Å². The number of carboxylic acid groups (broad SMARTS) is 1. The van der Waals surface area contributed by atoms with Gasteiger partial charge in [0.05, 0.1) is 6.07 Å². The largest absolute Gasteiger partial charge is 0.479 e. The minimum atomic E-state index is -1.84. The summed E-state index contributed by atoms with van der Waals surface area (Å²) in [5, 5.41) is 18.6. The number of carbonyl (C=O) groups is 1. The average Bonchev–Trinajstić information content (AvgIpc) is 2.72. The summed E-state index contributed by atoms with van der Waals surface area (Å²) in [7, 11) is 0. The van der Waals surface area contributed by atoms with Gasteiger partial charge in [-0.15, -0.1) is 6.42 Å². The van der Waals surface area contributed by atoms with Crippen molar-refractivity contribution in [3.8, 4) is 29.9 Å². The van der Waals surface area contributed by atoms with Gasteiger partial charge in [-0.05, 0) is 26.0 Å². The molecule has 2 aromatic rings. The van der Waals surface area contributed by atoms with Crippen molar-refractivity contribution in [1.29, 1.82) is 5.26 Å². The monoisotopic (exact) mass is 415 g/mol. The van der Waals surface area contributed by atoms with Crippen LogP contribution in [0.25, 0.3) is 10.8 Å². The van der Waals surface area contributed by atoms with Crippen LogP contribution >= 0.6 is 0 Å². The van der Waals surface area contributed by atoms with Crippen LogP contribution < -0.4 is 9.47 Å². The molecule has 2 unspecified atom stereocenters. The normalized spacial score (nSPS) is 14.5. The number of ether oxygens (including phenoxy) is 2. The van der Waals surface area contributed by atoms with E-state index in [-0.39, 0.29) is 11.5 Å². The summed E-state index contributed by atoms with van der Waals surface area (Å²) in [4.78, 5) is 11.1. The fourth-order valence-electron chi connectivity index (χ4n) is 2.46. The molecular weight excluding hydrogens is 399 g/mol. The molecule has 0 radical (unpaired) electrons. The summed E-state index contributed by atoms with van der Waals surface area (Å²) in [5.41, 5.74) is 0. The van der Waals surface area contributed by atoms with E-state index in [0.717, 1.165) is 6.92 Å². The molecule has 2 aromatic carbocycles. The molecule has 0 fully saturated rings. The first-order chi connectivity index (χ1) is 14.2. The molecule has 154 valence electrons. The lowest BCUT2D eigenvalue weighted by Crippen LogP contribution is -2.22. The van der Waals surface area contributed by atoms with Crippen molar-refractivity contribution in [1.82, 2.24) is 0 Å². The first-order valence-electron chi connectivity index (χ1n) is 8.58. The highest BCUT2D eigenvalue weighted by Crippen LogP contribution is 2.36. The van der Waals surface area contributed by atoms with E-state index in [1.807, 2.05) is 0 Å². The van der Waals surface area contributed by atoms with E-state index in [1.54, 1.807) is 18.1 Å². The van der Waals surface area contributed by atoms with Gasteiger partial charge in [-0.2, -0.15) is 9.65 Å². The number of hydrogen-bond acceptors (Lipinski definition) is 4. The van der Waals surface area contributed by atoms with Crippen molar-refractivity contribution in [3.63, 3.8) is 0 Å². The van der Waals surface area contributed by atoms with Gasteiger partial charge >= 0.3 is 5.97 Å². The number of halogens is 3. The van der Waals surface area contributed by atoms with Gasteiger partial charge in [-0.3, -0.25) is 0 Å². The minimum absolute atomic E-state index is 0.0508. The van der Waals surface area contributed by atoms with Crippen LogP contribution in [0.15, 0.2) is 59.6 Å². The zero-order valence-electron chi connectivity index (χ0n) is 15.9. The molecule has 0 spiro atoms. The maximum atomic E-state index is 14.5. The average molecular weight is 415 g/mol. The molecule has 0 aliphatic rings. The van der Waals surface area contributed by atoms with Crippen LogP contribution in [0.5, 0.6) is 11.5 Å². The second-order valence-electron chi connectivity index (χ2n) is 6.06. The van der Waals surface area contributed by atoms with Gasteiger partial charge in [0.2, 0.25) is 5.83 Å². The van der Waals surface area contributed by atoms with Crippen molar-refractivity contribution in [2.75, 3.05) is 0 Å². The van der Waals surface area contributed by atoms with Gasteiger partial charge in [-0.25, -0.2) is 13.6 Å². The number of allylic oxidation sites excluding steroid dienone is 3. The number of carboxylic acids is 1. The maximum Gasteiger partial charge on any atom is 0.344 e. The first kappa shape index (κ1) is 22.4. The molecule has 8 heteroatoms. The summed E-state index contributed by atoms with van der Waals surface area (Å²) in [6.45, 7) is 2.20. The second-order valence-corrected chi connectivity index (χ2v) is 6.06. The predicted octanol–water partition coefficient (Wildman–Crippen LogP) is 5.20. The van der Waals surface area contributed by atoms with Gasteiger partial charge in [0, 0.05) is 10.8 Å². The van der Waals surface area contributed by atoms with Gasteiger partial charge in [0.25, 0.3) is 0 Å². The Morgan fingerprint density at radius 3 is 2.20 bits per heavy atom. The molecule has 0 aliphatic carbocycles. The number of terminal acetylenes is 1. The quantitative estimate of drug-likeness (QED) is 0.382. The van der Waals surface area contributed by atoms with Gasteiger partial charge in [0.15, 0.2) is 23.6 Å². The molecular formula is C22H16F3NO4. The van der Waals surface area contributed by atoms with E-state index >= 15 is 0 Å². The number of fused-ring (bicyclic) bond motifs is 1. The molecule has 0 heterocycles. The van der Waals surface area contributed by atoms with Crippen molar-refractivity contribution in [3.05, 3.63) is 59.6 Å². The van der Waals surface area contributed by atoms with Crippen molar-refractivity contribution >= 4 is 16.7 Å². The Hall–Kier alpha value is -3.91. The maximum absolute atomic E-state index is 14.5. The summed E-state index contributed by atoms with van der Waals surface area (Å²) < 4.78 is 53.3. The Kier molecular flexibility index (Phi) is 7.11. The topological polar surface area (TPSA) is 79.5 Å². The molecule has 0 amide bonds. The van der Waals surface area contributed by atoms with Crippen LogP contribution in [-0.2, 0) is 4.79 Å². The Morgan fingerprint density at radius 2 is 1.70 bits per heavy atom. The van der Waals surface area contributed by atoms with Gasteiger partial charge in [-0.1, -0.05) is 30.2 Å². The lowest BCUT2D eigenvalue weighted by atomic mass is 10.1. The van der Waals surface area contributed by atoms with Crippen molar-refractivity contribution in [2.45, 2.75) is 20.0 Å². The highest BCUT2D eigenvalue weighted by Gasteiger charge is 2.24. The summed E-state index contributed by atoms with van der Waals surface area (Å²) in [6, 6.07) is 10.4. The molecule has 0 aromatic heterocycles. The summed E-state index contributed by atoms with van der Waals surface area (Å²) in [6.07, 6.45) is 3.83. The van der Waals surface area contributed by atoms with Gasteiger partial charge in [0.1, 0.15) is 17.3 Å². The van der Waals surface area contributed by atoms with Crippen LogP contribution in [-0.4, -0.2) is 17.2 Å². The predicted molar refractivity (Wildman–Crippen MR) is 103 cm³/mol. The zero-order valence-corrected chi connectivity index (χ0v) is 15.9. The SMILES string of the molecule is C#CC(C#N)/C(F)=C(F)\C(Oc1cccc2c(OC(C)C(=O)O)cccc12)=C(/C)F. The zero-order chi connectivity index (χ0) is 22.4.